The first kappa shape index (κ1) is 11.4. The summed E-state index contributed by atoms with van der Waals surface area (Å²) in [6.07, 6.45) is 2.24. The third-order valence-electron chi connectivity index (χ3n) is 4.82. The van der Waals surface area contributed by atoms with Crippen LogP contribution in [0.5, 0.6) is 0 Å². The van der Waals surface area contributed by atoms with Crippen molar-refractivity contribution in [3.05, 3.63) is 47.5 Å². The Kier molecular flexibility index (Phi) is 2.44. The van der Waals surface area contributed by atoms with E-state index in [4.69, 9.17) is 4.74 Å². The lowest BCUT2D eigenvalue weighted by Crippen LogP contribution is -2.40. The number of hydrogen-bond acceptors (Lipinski definition) is 2. The van der Waals surface area contributed by atoms with Crippen LogP contribution >= 0.6 is 0 Å². The first-order chi connectivity index (χ1) is 9.28. The van der Waals surface area contributed by atoms with Gasteiger partial charge in [0.15, 0.2) is 0 Å². The molecule has 2 aliphatic heterocycles. The summed E-state index contributed by atoms with van der Waals surface area (Å²) >= 11 is 0. The summed E-state index contributed by atoms with van der Waals surface area (Å²) in [6, 6.07) is 13.2. The summed E-state index contributed by atoms with van der Waals surface area (Å²) in [5.74, 6) is 0. The van der Waals surface area contributed by atoms with Gasteiger partial charge in [-0.25, -0.2) is 0 Å². The molecule has 0 aliphatic carbocycles. The fourth-order valence-corrected chi connectivity index (χ4v) is 3.60. The van der Waals surface area contributed by atoms with Crippen molar-refractivity contribution >= 4 is 10.8 Å². The molecule has 19 heavy (non-hydrogen) atoms. The third kappa shape index (κ3) is 1.63. The molecule has 0 aromatic heterocycles. The van der Waals surface area contributed by atoms with Crippen LogP contribution in [0.15, 0.2) is 36.4 Å². The number of rotatable bonds is 0. The van der Waals surface area contributed by atoms with Crippen LogP contribution in [-0.4, -0.2) is 25.0 Å². The average Bonchev–Trinajstić information content (AvgIpc) is 2.82. The Hall–Kier alpha value is -1.38. The molecule has 1 spiro atoms. The maximum atomic E-state index is 6.28. The predicted octanol–water partition coefficient (Wildman–Crippen LogP) is 3.29. The summed E-state index contributed by atoms with van der Waals surface area (Å²) < 4.78 is 6.28. The maximum absolute atomic E-state index is 6.28. The quantitative estimate of drug-likeness (QED) is 0.714. The zero-order chi connectivity index (χ0) is 12.9. The van der Waals surface area contributed by atoms with Gasteiger partial charge in [-0.1, -0.05) is 36.4 Å². The van der Waals surface area contributed by atoms with E-state index in [-0.39, 0.29) is 5.60 Å². The first-order valence-corrected chi connectivity index (χ1v) is 7.12. The van der Waals surface area contributed by atoms with Gasteiger partial charge < -0.3 is 9.64 Å². The van der Waals surface area contributed by atoms with Gasteiger partial charge >= 0.3 is 0 Å². The van der Waals surface area contributed by atoms with Gasteiger partial charge in [-0.2, -0.15) is 0 Å². The van der Waals surface area contributed by atoms with Gasteiger partial charge in [0.25, 0.3) is 0 Å². The molecule has 0 saturated carbocycles. The van der Waals surface area contributed by atoms with E-state index in [1.165, 1.54) is 21.9 Å². The van der Waals surface area contributed by atoms with Crippen molar-refractivity contribution in [3.63, 3.8) is 0 Å². The molecule has 2 aromatic rings. The summed E-state index contributed by atoms with van der Waals surface area (Å²) in [7, 11) is 2.20. The molecule has 0 unspecified atom stereocenters. The smallest absolute Gasteiger partial charge is 0.0963 e. The number of piperidine rings is 1. The van der Waals surface area contributed by atoms with Crippen LogP contribution < -0.4 is 0 Å². The average molecular weight is 253 g/mol. The topological polar surface area (TPSA) is 12.5 Å². The van der Waals surface area contributed by atoms with Crippen molar-refractivity contribution in [3.8, 4) is 0 Å². The zero-order valence-electron chi connectivity index (χ0n) is 11.4. The lowest BCUT2D eigenvalue weighted by atomic mass is 9.82. The van der Waals surface area contributed by atoms with Gasteiger partial charge in [0.2, 0.25) is 0 Å². The zero-order valence-corrected chi connectivity index (χ0v) is 11.4. The molecular weight excluding hydrogens is 234 g/mol. The number of fused-ring (bicyclic) bond motifs is 4. The predicted molar refractivity (Wildman–Crippen MR) is 77.1 cm³/mol. The molecule has 4 rings (SSSR count). The molecular formula is C17H19NO. The lowest BCUT2D eigenvalue weighted by Gasteiger charge is -2.37. The highest BCUT2D eigenvalue weighted by Gasteiger charge is 2.42. The molecule has 1 fully saturated rings. The standard InChI is InChI=1S/C17H19NO/c1-18-10-8-17(9-11-18)16-7-6-13-4-2-3-5-14(13)15(16)12-19-17/h2-7H,8-12H2,1H3. The van der Waals surface area contributed by atoms with E-state index in [0.29, 0.717) is 0 Å². The number of likely N-dealkylation sites (tertiary alicyclic amines) is 1. The Bertz CT molecular complexity index is 626. The van der Waals surface area contributed by atoms with Gasteiger partial charge in [0, 0.05) is 13.1 Å². The normalized spacial score (nSPS) is 21.9. The van der Waals surface area contributed by atoms with Crippen LogP contribution in [0.4, 0.5) is 0 Å². The highest BCUT2D eigenvalue weighted by molar-refractivity contribution is 5.87. The van der Waals surface area contributed by atoms with E-state index in [9.17, 15) is 0 Å². The van der Waals surface area contributed by atoms with Crippen molar-refractivity contribution in [1.29, 1.82) is 0 Å². The van der Waals surface area contributed by atoms with Gasteiger partial charge in [0.1, 0.15) is 0 Å². The molecule has 2 heterocycles. The van der Waals surface area contributed by atoms with E-state index >= 15 is 0 Å². The van der Waals surface area contributed by atoms with Crippen LogP contribution in [0.3, 0.4) is 0 Å². The van der Waals surface area contributed by atoms with Crippen molar-refractivity contribution in [1.82, 2.24) is 4.90 Å². The van der Waals surface area contributed by atoms with Crippen molar-refractivity contribution in [2.24, 2.45) is 0 Å². The Morgan fingerprint density at radius 3 is 2.68 bits per heavy atom. The van der Waals surface area contributed by atoms with E-state index in [0.717, 1.165) is 32.5 Å². The molecule has 2 heteroatoms. The molecule has 0 N–H and O–H groups in total. The maximum Gasteiger partial charge on any atom is 0.0963 e. The van der Waals surface area contributed by atoms with E-state index in [2.05, 4.69) is 48.3 Å². The van der Waals surface area contributed by atoms with E-state index < -0.39 is 0 Å². The molecule has 0 bridgehead atoms. The Morgan fingerprint density at radius 2 is 1.84 bits per heavy atom. The van der Waals surface area contributed by atoms with Crippen LogP contribution in [0.2, 0.25) is 0 Å². The van der Waals surface area contributed by atoms with Crippen LogP contribution in [-0.2, 0) is 16.9 Å². The first-order valence-electron chi connectivity index (χ1n) is 7.12. The van der Waals surface area contributed by atoms with Gasteiger partial charge in [-0.15, -0.1) is 0 Å². The SMILES string of the molecule is CN1CCC2(CC1)OCc1c2ccc2ccccc12. The minimum absolute atomic E-state index is 0.00806. The Labute approximate surface area is 114 Å². The van der Waals surface area contributed by atoms with Gasteiger partial charge in [-0.05, 0) is 41.8 Å². The molecule has 2 aliphatic rings. The van der Waals surface area contributed by atoms with Crippen LogP contribution in [0.1, 0.15) is 24.0 Å². The largest absolute Gasteiger partial charge is 0.365 e. The van der Waals surface area contributed by atoms with Crippen LogP contribution in [0, 0.1) is 0 Å². The monoisotopic (exact) mass is 253 g/mol. The molecule has 2 aromatic carbocycles. The van der Waals surface area contributed by atoms with Crippen LogP contribution in [0.25, 0.3) is 10.8 Å². The fourth-order valence-electron chi connectivity index (χ4n) is 3.60. The minimum atomic E-state index is -0.00806. The molecule has 0 amide bonds. The number of benzene rings is 2. The second-order valence-corrected chi connectivity index (χ2v) is 5.90. The number of ether oxygens (including phenoxy) is 1. The van der Waals surface area contributed by atoms with Gasteiger partial charge in [0.05, 0.1) is 12.2 Å². The van der Waals surface area contributed by atoms with Gasteiger partial charge in [-0.3, -0.25) is 0 Å². The second kappa shape index (κ2) is 4.06. The van der Waals surface area contributed by atoms with Crippen molar-refractivity contribution in [2.45, 2.75) is 25.0 Å². The van der Waals surface area contributed by atoms with E-state index in [1.807, 2.05) is 0 Å². The summed E-state index contributed by atoms with van der Waals surface area (Å²) in [5.41, 5.74) is 2.85. The molecule has 98 valence electrons. The number of nitrogens with zero attached hydrogens (tertiary/aromatic N) is 1. The fraction of sp³-hybridized carbons (Fsp3) is 0.412. The molecule has 0 atom stereocenters. The molecule has 2 nitrogen and oxygen atoms in total. The van der Waals surface area contributed by atoms with Crippen molar-refractivity contribution in [2.75, 3.05) is 20.1 Å². The molecule has 0 radical (unpaired) electrons. The summed E-state index contributed by atoms with van der Waals surface area (Å²) in [4.78, 5) is 2.40. The van der Waals surface area contributed by atoms with E-state index in [1.54, 1.807) is 0 Å². The summed E-state index contributed by atoms with van der Waals surface area (Å²) in [6.45, 7) is 3.04. The molecule has 1 saturated heterocycles. The highest BCUT2D eigenvalue weighted by atomic mass is 16.5. The van der Waals surface area contributed by atoms with Crippen molar-refractivity contribution < 1.29 is 4.74 Å². The number of hydrogen-bond donors (Lipinski definition) is 0. The Balaban J connectivity index is 1.85. The highest BCUT2D eigenvalue weighted by Crippen LogP contribution is 2.45. The third-order valence-corrected chi connectivity index (χ3v) is 4.82. The lowest BCUT2D eigenvalue weighted by molar-refractivity contribution is -0.0754. The summed E-state index contributed by atoms with van der Waals surface area (Å²) in [5, 5.41) is 2.70. The second-order valence-electron chi connectivity index (χ2n) is 5.90. The minimum Gasteiger partial charge on any atom is -0.365 e. The Morgan fingerprint density at radius 1 is 1.05 bits per heavy atom.